The molecule has 1 heterocycles. The van der Waals surface area contributed by atoms with E-state index >= 15 is 0 Å². The van der Waals surface area contributed by atoms with E-state index in [0.29, 0.717) is 25.5 Å². The maximum absolute atomic E-state index is 13.3. The number of hydrogen-bond acceptors (Lipinski definition) is 3. The summed E-state index contributed by atoms with van der Waals surface area (Å²) in [5.74, 6) is -0.952. The van der Waals surface area contributed by atoms with Crippen molar-refractivity contribution >= 4 is 17.4 Å². The number of quaternary nitrogens is 1. The average molecular weight is 343 g/mol. The number of anilines is 1. The number of nitrogens with one attached hydrogen (secondary N) is 1. The second-order valence-corrected chi connectivity index (χ2v) is 6.09. The third-order valence-electron chi connectivity index (χ3n) is 4.10. The minimum atomic E-state index is -0.650. The van der Waals surface area contributed by atoms with Crippen molar-refractivity contribution in [3.05, 3.63) is 59.4 Å². The second-order valence-electron chi connectivity index (χ2n) is 6.09. The largest absolute Gasteiger partial charge is 0.494 e. The molecule has 0 radical (unpaired) electrons. The predicted octanol–water partition coefficient (Wildman–Crippen LogP) is 1.43. The first-order chi connectivity index (χ1) is 12.0. The van der Waals surface area contributed by atoms with E-state index < -0.39 is 17.5 Å². The lowest BCUT2D eigenvalue weighted by molar-refractivity contribution is -0.892. The Kier molecular flexibility index (Phi) is 4.81. The van der Waals surface area contributed by atoms with E-state index in [2.05, 4.69) is 0 Å². The van der Waals surface area contributed by atoms with Crippen molar-refractivity contribution in [3.63, 3.8) is 0 Å². The number of fused-ring (bicyclic) bond motifs is 1. The fourth-order valence-electron chi connectivity index (χ4n) is 2.97. The summed E-state index contributed by atoms with van der Waals surface area (Å²) in [6, 6.07) is 11.7. The van der Waals surface area contributed by atoms with Gasteiger partial charge in [-0.05, 0) is 49.4 Å². The molecule has 0 aliphatic carbocycles. The highest BCUT2D eigenvalue weighted by atomic mass is 19.1. The van der Waals surface area contributed by atoms with Crippen LogP contribution in [0.4, 0.5) is 10.1 Å². The Bertz CT molecular complexity index is 805. The molecule has 1 amide bonds. The molecule has 6 heteroatoms. The normalized spacial score (nSPS) is 14.6. The molecule has 1 aliphatic rings. The molecule has 1 unspecified atom stereocenters. The topological polar surface area (TPSA) is 51.1 Å². The number of amides is 1. The quantitative estimate of drug-likeness (QED) is 0.808. The van der Waals surface area contributed by atoms with Crippen molar-refractivity contribution in [1.82, 2.24) is 0 Å². The summed E-state index contributed by atoms with van der Waals surface area (Å²) < 4.78 is 18.7. The molecule has 130 valence electrons. The van der Waals surface area contributed by atoms with Crippen LogP contribution in [-0.2, 0) is 11.3 Å². The van der Waals surface area contributed by atoms with Gasteiger partial charge in [0.2, 0.25) is 0 Å². The number of carbonyl (C=O) groups excluding carboxylic acids is 2. The molecule has 0 saturated heterocycles. The molecule has 5 nitrogen and oxygen atoms in total. The van der Waals surface area contributed by atoms with Gasteiger partial charge in [-0.2, -0.15) is 0 Å². The van der Waals surface area contributed by atoms with Crippen LogP contribution in [0.3, 0.4) is 0 Å². The first-order valence-electron chi connectivity index (χ1n) is 8.18. The van der Waals surface area contributed by atoms with Crippen LogP contribution in [-0.4, -0.2) is 32.0 Å². The van der Waals surface area contributed by atoms with Crippen LogP contribution in [0, 0.1) is 5.82 Å². The lowest BCUT2D eigenvalue weighted by Gasteiger charge is -2.21. The van der Waals surface area contributed by atoms with Crippen LogP contribution in [0.15, 0.2) is 42.5 Å². The lowest BCUT2D eigenvalue weighted by atomic mass is 10.1. The number of rotatable bonds is 6. The van der Waals surface area contributed by atoms with Gasteiger partial charge in [0.25, 0.3) is 5.78 Å². The number of benzene rings is 2. The van der Waals surface area contributed by atoms with Gasteiger partial charge in [-0.3, -0.25) is 14.5 Å². The summed E-state index contributed by atoms with van der Waals surface area (Å²) in [6.07, 6.45) is 0. The molecule has 0 spiro atoms. The lowest BCUT2D eigenvalue weighted by Crippen LogP contribution is -3.09. The Balaban J connectivity index is 1.70. The first-order valence-corrected chi connectivity index (χ1v) is 8.18. The van der Waals surface area contributed by atoms with Gasteiger partial charge in [0, 0.05) is 5.56 Å². The Morgan fingerprint density at radius 3 is 2.52 bits per heavy atom. The van der Waals surface area contributed by atoms with Crippen LogP contribution < -0.4 is 14.5 Å². The first kappa shape index (κ1) is 17.1. The minimum Gasteiger partial charge on any atom is -0.494 e. The summed E-state index contributed by atoms with van der Waals surface area (Å²) in [4.78, 5) is 26.7. The highest BCUT2D eigenvalue weighted by molar-refractivity contribution is 6.52. The average Bonchev–Trinajstić information content (AvgIpc) is 2.81. The summed E-state index contributed by atoms with van der Waals surface area (Å²) in [6.45, 7) is 3.57. The van der Waals surface area contributed by atoms with Gasteiger partial charge in [-0.15, -0.1) is 0 Å². The van der Waals surface area contributed by atoms with Crippen molar-refractivity contribution in [2.75, 3.05) is 25.2 Å². The Hall–Kier alpha value is -2.73. The fraction of sp³-hybridized carbons (Fsp3) is 0.263. The molecular formula is C19H20FN2O3+. The highest BCUT2D eigenvalue weighted by Gasteiger charge is 2.37. The molecule has 0 fully saturated rings. The monoisotopic (exact) mass is 343 g/mol. The summed E-state index contributed by atoms with van der Waals surface area (Å²) in [5, 5.41) is 0. The molecule has 3 rings (SSSR count). The van der Waals surface area contributed by atoms with Gasteiger partial charge >= 0.3 is 5.91 Å². The molecule has 0 saturated carbocycles. The third kappa shape index (κ3) is 3.53. The highest BCUT2D eigenvalue weighted by Crippen LogP contribution is 2.28. The maximum Gasteiger partial charge on any atom is 0.303 e. The van der Waals surface area contributed by atoms with Gasteiger partial charge in [0.15, 0.2) is 6.67 Å². The summed E-state index contributed by atoms with van der Waals surface area (Å²) >= 11 is 0. The van der Waals surface area contributed by atoms with E-state index in [9.17, 15) is 14.0 Å². The minimum absolute atomic E-state index is 0.138. The molecule has 0 aromatic heterocycles. The molecule has 0 bridgehead atoms. The SMILES string of the molecule is CCOc1ccc(C[NH+](C)CN2C(=O)C(=O)c3cc(F)ccc32)cc1. The number of hydrogen-bond donors (Lipinski definition) is 1. The number of Topliss-reactive ketones (excluding diaryl/α,β-unsaturated/α-hetero) is 1. The van der Waals surface area contributed by atoms with Crippen molar-refractivity contribution < 1.29 is 23.6 Å². The predicted molar refractivity (Wildman–Crippen MR) is 91.3 cm³/mol. The van der Waals surface area contributed by atoms with Gasteiger partial charge < -0.3 is 9.64 Å². The standard InChI is InChI=1S/C19H19FN2O3/c1-3-25-15-7-4-13(5-8-15)11-21(2)12-22-17-9-6-14(20)10-16(17)18(23)19(22)24/h4-10H,3,11-12H2,1-2H3/p+1. The molecule has 1 aliphatic heterocycles. The summed E-state index contributed by atoms with van der Waals surface area (Å²) in [7, 11) is 1.94. The van der Waals surface area contributed by atoms with Crippen LogP contribution in [0.5, 0.6) is 5.75 Å². The number of halogens is 1. The van der Waals surface area contributed by atoms with Gasteiger partial charge in [0.1, 0.15) is 18.1 Å². The van der Waals surface area contributed by atoms with E-state index in [0.717, 1.165) is 22.3 Å². The Morgan fingerprint density at radius 2 is 1.84 bits per heavy atom. The third-order valence-corrected chi connectivity index (χ3v) is 4.10. The number of ether oxygens (including phenoxy) is 1. The van der Waals surface area contributed by atoms with E-state index in [-0.39, 0.29) is 5.56 Å². The van der Waals surface area contributed by atoms with E-state index in [4.69, 9.17) is 4.74 Å². The molecule has 2 aromatic carbocycles. The van der Waals surface area contributed by atoms with Crippen LogP contribution >= 0.6 is 0 Å². The van der Waals surface area contributed by atoms with Crippen molar-refractivity contribution in [1.29, 1.82) is 0 Å². The summed E-state index contributed by atoms with van der Waals surface area (Å²) in [5.41, 5.74) is 1.71. The van der Waals surface area contributed by atoms with Crippen molar-refractivity contribution in [2.45, 2.75) is 13.5 Å². The number of nitrogens with zero attached hydrogens (tertiary/aromatic N) is 1. The zero-order valence-corrected chi connectivity index (χ0v) is 14.2. The Morgan fingerprint density at radius 1 is 1.12 bits per heavy atom. The number of carbonyl (C=O) groups is 2. The molecule has 1 atom stereocenters. The molecule has 2 aromatic rings. The van der Waals surface area contributed by atoms with Gasteiger partial charge in [0.05, 0.1) is 24.9 Å². The Labute approximate surface area is 145 Å². The maximum atomic E-state index is 13.3. The van der Waals surface area contributed by atoms with Gasteiger partial charge in [-0.25, -0.2) is 4.39 Å². The zero-order chi connectivity index (χ0) is 18.0. The fourth-order valence-corrected chi connectivity index (χ4v) is 2.97. The van der Waals surface area contributed by atoms with Crippen LogP contribution in [0.25, 0.3) is 0 Å². The zero-order valence-electron chi connectivity index (χ0n) is 14.2. The van der Waals surface area contributed by atoms with E-state index in [1.54, 1.807) is 0 Å². The second kappa shape index (κ2) is 7.03. The van der Waals surface area contributed by atoms with E-state index in [1.165, 1.54) is 17.0 Å². The van der Waals surface area contributed by atoms with Crippen LogP contribution in [0.1, 0.15) is 22.8 Å². The van der Waals surface area contributed by atoms with Crippen LogP contribution in [0.2, 0.25) is 0 Å². The van der Waals surface area contributed by atoms with Crippen molar-refractivity contribution in [2.24, 2.45) is 0 Å². The smallest absolute Gasteiger partial charge is 0.303 e. The van der Waals surface area contributed by atoms with E-state index in [1.807, 2.05) is 38.2 Å². The molecule has 1 N–H and O–H groups in total. The molecule has 25 heavy (non-hydrogen) atoms. The number of ketones is 1. The molecular weight excluding hydrogens is 323 g/mol. The van der Waals surface area contributed by atoms with Gasteiger partial charge in [-0.1, -0.05) is 0 Å². The van der Waals surface area contributed by atoms with Crippen molar-refractivity contribution in [3.8, 4) is 5.75 Å².